The summed E-state index contributed by atoms with van der Waals surface area (Å²) in [4.78, 5) is 8.35. The van der Waals surface area contributed by atoms with Gasteiger partial charge in [-0.05, 0) is 55.8 Å². The van der Waals surface area contributed by atoms with Crippen LogP contribution in [0.2, 0.25) is 0 Å². The van der Waals surface area contributed by atoms with E-state index in [1.54, 1.807) is 0 Å². The number of nitrogens with two attached hydrogens (primary N) is 2. The molecule has 0 atom stereocenters. The maximum Gasteiger partial charge on any atom is 0.222 e. The Morgan fingerprint density at radius 1 is 0.950 bits per heavy atom. The zero-order chi connectivity index (χ0) is 13.9. The van der Waals surface area contributed by atoms with E-state index in [1.807, 2.05) is 0 Å². The Balaban J connectivity index is 1.80. The average Bonchev–Trinajstić information content (AvgIpc) is 2.36. The molecule has 0 unspecified atom stereocenters. The molecule has 1 aromatic rings. The highest BCUT2D eigenvalue weighted by atomic mass is 15.0. The number of hydrogen-bond donors (Lipinski definition) is 2. The molecule has 4 saturated carbocycles. The summed E-state index contributed by atoms with van der Waals surface area (Å²) in [6.07, 6.45) is 6.55. The molecule has 0 aliphatic heterocycles. The number of hydrogen-bond acceptors (Lipinski definition) is 5. The highest BCUT2D eigenvalue weighted by Gasteiger charge is 2.49. The van der Waals surface area contributed by atoms with Crippen molar-refractivity contribution in [2.24, 2.45) is 23.7 Å². The molecule has 5 heteroatoms. The zero-order valence-electron chi connectivity index (χ0n) is 11.4. The van der Waals surface area contributed by atoms with Crippen molar-refractivity contribution in [3.8, 4) is 6.07 Å². The van der Waals surface area contributed by atoms with Crippen LogP contribution in [0, 0.1) is 35.0 Å². The van der Waals surface area contributed by atoms with Crippen LogP contribution in [0.3, 0.4) is 0 Å². The fourth-order valence-electron chi connectivity index (χ4n) is 5.24. The van der Waals surface area contributed by atoms with Crippen molar-refractivity contribution in [1.82, 2.24) is 9.97 Å². The van der Waals surface area contributed by atoms with Crippen LogP contribution in [0.4, 0.5) is 11.8 Å². The topological polar surface area (TPSA) is 102 Å². The SMILES string of the molecule is N#Cc1c(N)nc(N)nc1C1C2CC3CC(C2)CC1C3. The molecule has 4 aliphatic rings. The molecule has 0 aromatic carbocycles. The summed E-state index contributed by atoms with van der Waals surface area (Å²) in [5, 5.41) is 9.39. The molecule has 4 aliphatic carbocycles. The van der Waals surface area contributed by atoms with Crippen LogP contribution in [-0.2, 0) is 0 Å². The highest BCUT2D eigenvalue weighted by molar-refractivity contribution is 5.54. The van der Waals surface area contributed by atoms with Crippen molar-refractivity contribution in [3.05, 3.63) is 11.3 Å². The first-order valence-corrected chi connectivity index (χ1v) is 7.48. The molecule has 0 amide bonds. The lowest BCUT2D eigenvalue weighted by atomic mass is 9.51. The molecule has 0 spiro atoms. The van der Waals surface area contributed by atoms with Crippen LogP contribution in [0.15, 0.2) is 0 Å². The van der Waals surface area contributed by atoms with E-state index in [9.17, 15) is 5.26 Å². The van der Waals surface area contributed by atoms with Crippen molar-refractivity contribution >= 4 is 11.8 Å². The van der Waals surface area contributed by atoms with Crippen LogP contribution in [0.1, 0.15) is 49.3 Å². The van der Waals surface area contributed by atoms with Gasteiger partial charge in [-0.2, -0.15) is 10.2 Å². The van der Waals surface area contributed by atoms with Gasteiger partial charge in [0.1, 0.15) is 17.5 Å². The van der Waals surface area contributed by atoms with Gasteiger partial charge in [-0.1, -0.05) is 0 Å². The summed E-state index contributed by atoms with van der Waals surface area (Å²) in [5.74, 6) is 3.92. The second-order valence-electron chi connectivity index (χ2n) is 6.80. The predicted octanol–water partition coefficient (Wildman–Crippen LogP) is 2.05. The van der Waals surface area contributed by atoms with Gasteiger partial charge in [0.05, 0.1) is 5.69 Å². The number of nitrogen functional groups attached to an aromatic ring is 2. The predicted molar refractivity (Wildman–Crippen MR) is 75.4 cm³/mol. The summed E-state index contributed by atoms with van der Waals surface area (Å²) in [7, 11) is 0. The molecule has 4 fully saturated rings. The first-order valence-electron chi connectivity index (χ1n) is 7.48. The Kier molecular flexibility index (Phi) is 2.44. The smallest absolute Gasteiger partial charge is 0.222 e. The lowest BCUT2D eigenvalue weighted by Crippen LogP contribution is -2.44. The summed E-state index contributed by atoms with van der Waals surface area (Å²) in [6, 6.07) is 2.19. The van der Waals surface area contributed by atoms with Crippen molar-refractivity contribution in [2.75, 3.05) is 11.5 Å². The second kappa shape index (κ2) is 4.08. The molecular formula is C15H19N5. The molecule has 104 valence electrons. The van der Waals surface area contributed by atoms with E-state index < -0.39 is 0 Å². The lowest BCUT2D eigenvalue weighted by Gasteiger charge is -2.54. The van der Waals surface area contributed by atoms with E-state index >= 15 is 0 Å². The number of anilines is 2. The Morgan fingerprint density at radius 3 is 2.10 bits per heavy atom. The third-order valence-corrected chi connectivity index (χ3v) is 5.64. The second-order valence-corrected chi connectivity index (χ2v) is 6.80. The molecule has 0 saturated heterocycles. The van der Waals surface area contributed by atoms with Gasteiger partial charge in [-0.15, -0.1) is 0 Å². The molecule has 1 heterocycles. The summed E-state index contributed by atoms with van der Waals surface area (Å²) >= 11 is 0. The molecule has 4 N–H and O–H groups in total. The van der Waals surface area contributed by atoms with Gasteiger partial charge in [0.25, 0.3) is 0 Å². The van der Waals surface area contributed by atoms with Gasteiger partial charge in [-0.3, -0.25) is 0 Å². The fourth-order valence-corrected chi connectivity index (χ4v) is 5.24. The van der Waals surface area contributed by atoms with Gasteiger partial charge in [0.15, 0.2) is 0 Å². The monoisotopic (exact) mass is 269 g/mol. The Bertz CT molecular complexity index is 575. The Labute approximate surface area is 118 Å². The van der Waals surface area contributed by atoms with Crippen LogP contribution >= 0.6 is 0 Å². The zero-order valence-corrected chi connectivity index (χ0v) is 11.4. The van der Waals surface area contributed by atoms with Gasteiger partial charge in [-0.25, -0.2) is 4.98 Å². The van der Waals surface area contributed by atoms with Gasteiger partial charge < -0.3 is 11.5 Å². The standard InChI is InChI=1S/C15H19N5/c16-6-11-13(19-15(18)20-14(11)17)12-9-2-7-1-8(4-9)5-10(12)3-7/h7-10,12H,1-5H2,(H4,17,18,19,20). The summed E-state index contributed by atoms with van der Waals surface area (Å²) in [5.41, 5.74) is 12.9. The van der Waals surface area contributed by atoms with Gasteiger partial charge >= 0.3 is 0 Å². The normalized spacial score (nSPS) is 37.9. The van der Waals surface area contributed by atoms with E-state index in [4.69, 9.17) is 11.5 Å². The number of nitriles is 1. The maximum absolute atomic E-state index is 9.39. The minimum Gasteiger partial charge on any atom is -0.382 e. The van der Waals surface area contributed by atoms with E-state index in [1.165, 1.54) is 32.1 Å². The Morgan fingerprint density at radius 2 is 1.55 bits per heavy atom. The number of nitrogens with zero attached hydrogens (tertiary/aromatic N) is 3. The minimum absolute atomic E-state index is 0.199. The quantitative estimate of drug-likeness (QED) is 0.812. The molecule has 5 rings (SSSR count). The van der Waals surface area contributed by atoms with Crippen LogP contribution < -0.4 is 11.5 Å². The molecule has 20 heavy (non-hydrogen) atoms. The molecule has 4 bridgehead atoms. The molecule has 0 radical (unpaired) electrons. The van der Waals surface area contributed by atoms with E-state index in [0.29, 0.717) is 23.3 Å². The summed E-state index contributed by atoms with van der Waals surface area (Å²) < 4.78 is 0. The molecular weight excluding hydrogens is 250 g/mol. The third kappa shape index (κ3) is 1.60. The highest BCUT2D eigenvalue weighted by Crippen LogP contribution is 2.59. The van der Waals surface area contributed by atoms with Crippen molar-refractivity contribution in [3.63, 3.8) is 0 Å². The maximum atomic E-state index is 9.39. The van der Waals surface area contributed by atoms with Crippen molar-refractivity contribution < 1.29 is 0 Å². The van der Waals surface area contributed by atoms with Crippen LogP contribution in [0.5, 0.6) is 0 Å². The molecule has 5 nitrogen and oxygen atoms in total. The van der Waals surface area contributed by atoms with Crippen LogP contribution in [0.25, 0.3) is 0 Å². The first kappa shape index (κ1) is 12.0. The van der Waals surface area contributed by atoms with E-state index in [-0.39, 0.29) is 11.8 Å². The largest absolute Gasteiger partial charge is 0.382 e. The Hall–Kier alpha value is -1.83. The average molecular weight is 269 g/mol. The van der Waals surface area contributed by atoms with E-state index in [2.05, 4.69) is 16.0 Å². The number of aromatic nitrogens is 2. The summed E-state index contributed by atoms with van der Waals surface area (Å²) in [6.45, 7) is 0. The van der Waals surface area contributed by atoms with Crippen molar-refractivity contribution in [2.45, 2.75) is 38.0 Å². The van der Waals surface area contributed by atoms with Crippen LogP contribution in [-0.4, -0.2) is 9.97 Å². The third-order valence-electron chi connectivity index (χ3n) is 5.64. The minimum atomic E-state index is 0.199. The van der Waals surface area contributed by atoms with Crippen molar-refractivity contribution in [1.29, 1.82) is 5.26 Å². The van der Waals surface area contributed by atoms with E-state index in [0.717, 1.165) is 17.5 Å². The van der Waals surface area contributed by atoms with Gasteiger partial charge in [0.2, 0.25) is 5.95 Å². The fraction of sp³-hybridized carbons (Fsp3) is 0.667. The van der Waals surface area contributed by atoms with Gasteiger partial charge in [0, 0.05) is 5.92 Å². The first-order chi connectivity index (χ1) is 9.65. The molecule has 1 aromatic heterocycles. The lowest BCUT2D eigenvalue weighted by molar-refractivity contribution is -0.00420. The number of rotatable bonds is 1.